The summed E-state index contributed by atoms with van der Waals surface area (Å²) < 4.78 is 0. The van der Waals surface area contributed by atoms with Crippen LogP contribution in [-0.4, -0.2) is 6.29 Å². The largest absolute Gasteiger partial charge is 0.303 e. The van der Waals surface area contributed by atoms with Gasteiger partial charge in [-0.2, -0.15) is 0 Å². The molecule has 0 aromatic carbocycles. The summed E-state index contributed by atoms with van der Waals surface area (Å²) in [7, 11) is 0. The topological polar surface area (TPSA) is 17.1 Å². The van der Waals surface area contributed by atoms with Gasteiger partial charge >= 0.3 is 0 Å². The molecule has 0 bridgehead atoms. The van der Waals surface area contributed by atoms with Crippen molar-refractivity contribution >= 4 is 6.29 Å². The van der Waals surface area contributed by atoms with Crippen molar-refractivity contribution in [3.63, 3.8) is 0 Å². The van der Waals surface area contributed by atoms with Crippen LogP contribution in [0.1, 0.15) is 45.4 Å². The maximum atomic E-state index is 9.84. The van der Waals surface area contributed by atoms with Crippen molar-refractivity contribution in [2.45, 2.75) is 45.4 Å². The molecule has 0 aromatic heterocycles. The number of hydrogen-bond donors (Lipinski definition) is 0. The summed E-state index contributed by atoms with van der Waals surface area (Å²) >= 11 is 0. The van der Waals surface area contributed by atoms with Crippen molar-refractivity contribution < 1.29 is 27.2 Å². The minimum absolute atomic E-state index is 0. The molecule has 0 saturated carbocycles. The predicted molar refractivity (Wildman–Crippen MR) is 39.4 cm³/mol. The fourth-order valence-corrected chi connectivity index (χ4v) is 0.831. The standard InChI is InChI=1S/C8H16O.Nb/c1-2-3-4-5-6-7-8-9;/h8H,2-7H2,1H3;. The van der Waals surface area contributed by atoms with E-state index in [-0.39, 0.29) is 22.4 Å². The predicted octanol–water partition coefficient (Wildman–Crippen LogP) is 2.54. The zero-order valence-electron chi connectivity index (χ0n) is 6.68. The maximum absolute atomic E-state index is 9.84. The molecule has 0 aliphatic heterocycles. The van der Waals surface area contributed by atoms with Gasteiger partial charge in [-0.1, -0.05) is 32.6 Å². The van der Waals surface area contributed by atoms with Crippen molar-refractivity contribution in [2.75, 3.05) is 0 Å². The van der Waals surface area contributed by atoms with Gasteiger partial charge in [0.15, 0.2) is 0 Å². The van der Waals surface area contributed by atoms with Crippen molar-refractivity contribution in [3.05, 3.63) is 0 Å². The average Bonchev–Trinajstić information content (AvgIpc) is 1.89. The third kappa shape index (κ3) is 11.2. The first kappa shape index (κ1) is 13.0. The molecular weight excluding hydrogens is 205 g/mol. The summed E-state index contributed by atoms with van der Waals surface area (Å²) in [6.07, 6.45) is 7.97. The molecule has 0 aliphatic carbocycles. The first-order valence-corrected chi connectivity index (χ1v) is 3.85. The number of rotatable bonds is 6. The minimum Gasteiger partial charge on any atom is -0.303 e. The van der Waals surface area contributed by atoms with Gasteiger partial charge in [0.25, 0.3) is 0 Å². The third-order valence-corrected chi connectivity index (χ3v) is 1.43. The monoisotopic (exact) mass is 221 g/mol. The van der Waals surface area contributed by atoms with Crippen LogP contribution in [0.3, 0.4) is 0 Å². The van der Waals surface area contributed by atoms with Gasteiger partial charge in [-0.3, -0.25) is 0 Å². The number of hydrogen-bond acceptors (Lipinski definition) is 1. The van der Waals surface area contributed by atoms with E-state index in [9.17, 15) is 4.79 Å². The molecule has 0 atom stereocenters. The molecule has 0 aliphatic rings. The second kappa shape index (κ2) is 12.1. The van der Waals surface area contributed by atoms with Gasteiger partial charge in [0.1, 0.15) is 6.29 Å². The fraction of sp³-hybridized carbons (Fsp3) is 0.875. The zero-order chi connectivity index (χ0) is 6.95. The number of unbranched alkanes of at least 4 members (excludes halogenated alkanes) is 5. The van der Waals surface area contributed by atoms with E-state index in [0.29, 0.717) is 0 Å². The molecule has 0 fully saturated rings. The Morgan fingerprint density at radius 1 is 1.10 bits per heavy atom. The second-order valence-electron chi connectivity index (χ2n) is 2.37. The van der Waals surface area contributed by atoms with Crippen LogP contribution < -0.4 is 0 Å². The van der Waals surface area contributed by atoms with E-state index in [0.717, 1.165) is 19.1 Å². The minimum atomic E-state index is 0. The first-order valence-electron chi connectivity index (χ1n) is 3.85. The molecule has 0 aromatic rings. The Hall–Kier alpha value is 0.410. The van der Waals surface area contributed by atoms with E-state index in [1.807, 2.05) is 0 Å². The molecule has 0 heterocycles. The van der Waals surface area contributed by atoms with Crippen LogP contribution in [0.5, 0.6) is 0 Å². The van der Waals surface area contributed by atoms with Crippen LogP contribution in [0, 0.1) is 0 Å². The smallest absolute Gasteiger partial charge is 0.119 e. The van der Waals surface area contributed by atoms with Crippen molar-refractivity contribution in [1.29, 1.82) is 0 Å². The molecule has 1 radical (unpaired) electrons. The van der Waals surface area contributed by atoms with Gasteiger partial charge in [0.05, 0.1) is 0 Å². The molecule has 2 heteroatoms. The summed E-state index contributed by atoms with van der Waals surface area (Å²) in [5.41, 5.74) is 0. The van der Waals surface area contributed by atoms with Gasteiger partial charge in [0.2, 0.25) is 0 Å². The van der Waals surface area contributed by atoms with Crippen LogP contribution >= 0.6 is 0 Å². The van der Waals surface area contributed by atoms with E-state index in [1.165, 1.54) is 25.7 Å². The van der Waals surface area contributed by atoms with Crippen molar-refractivity contribution in [1.82, 2.24) is 0 Å². The Morgan fingerprint density at radius 3 is 2.20 bits per heavy atom. The Kier molecular flexibility index (Phi) is 15.8. The van der Waals surface area contributed by atoms with Crippen LogP contribution in [0.15, 0.2) is 0 Å². The Labute approximate surface area is 79.1 Å². The molecule has 1 nitrogen and oxygen atoms in total. The molecule has 0 amide bonds. The number of carbonyl (C=O) groups excluding carboxylic acids is 1. The van der Waals surface area contributed by atoms with Crippen LogP contribution in [-0.2, 0) is 27.2 Å². The van der Waals surface area contributed by atoms with Gasteiger partial charge < -0.3 is 4.79 Å². The molecule has 0 rings (SSSR count). The van der Waals surface area contributed by atoms with Gasteiger partial charge in [-0.05, 0) is 6.42 Å². The van der Waals surface area contributed by atoms with E-state index >= 15 is 0 Å². The van der Waals surface area contributed by atoms with E-state index in [4.69, 9.17) is 0 Å². The van der Waals surface area contributed by atoms with Gasteiger partial charge in [0, 0.05) is 28.8 Å². The molecule has 0 N–H and O–H groups in total. The van der Waals surface area contributed by atoms with Gasteiger partial charge in [-0.15, -0.1) is 0 Å². The summed E-state index contributed by atoms with van der Waals surface area (Å²) in [6.45, 7) is 2.19. The maximum Gasteiger partial charge on any atom is 0.119 e. The Bertz CT molecular complexity index is 64.3. The second-order valence-corrected chi connectivity index (χ2v) is 2.37. The van der Waals surface area contributed by atoms with Gasteiger partial charge in [-0.25, -0.2) is 0 Å². The SMILES string of the molecule is CCCCCCCC=O.[Nb]. The first-order chi connectivity index (χ1) is 4.41. The average molecular weight is 221 g/mol. The fourth-order valence-electron chi connectivity index (χ4n) is 0.831. The van der Waals surface area contributed by atoms with Crippen LogP contribution in [0.25, 0.3) is 0 Å². The van der Waals surface area contributed by atoms with Crippen LogP contribution in [0.2, 0.25) is 0 Å². The summed E-state index contributed by atoms with van der Waals surface area (Å²) in [6, 6.07) is 0. The molecular formula is C8H16NbO. The van der Waals surface area contributed by atoms with Crippen molar-refractivity contribution in [3.8, 4) is 0 Å². The Balaban J connectivity index is 0. The number of aldehydes is 1. The Morgan fingerprint density at radius 2 is 1.70 bits per heavy atom. The summed E-state index contributed by atoms with van der Waals surface area (Å²) in [5.74, 6) is 0. The van der Waals surface area contributed by atoms with E-state index < -0.39 is 0 Å². The molecule has 0 spiro atoms. The quantitative estimate of drug-likeness (QED) is 0.382. The van der Waals surface area contributed by atoms with E-state index in [2.05, 4.69) is 6.92 Å². The van der Waals surface area contributed by atoms with Crippen LogP contribution in [0.4, 0.5) is 0 Å². The number of carbonyl (C=O) groups is 1. The molecule has 0 unspecified atom stereocenters. The molecule has 0 saturated heterocycles. The summed E-state index contributed by atoms with van der Waals surface area (Å²) in [4.78, 5) is 9.84. The van der Waals surface area contributed by atoms with Crippen molar-refractivity contribution in [2.24, 2.45) is 0 Å². The van der Waals surface area contributed by atoms with E-state index in [1.54, 1.807) is 0 Å². The molecule has 59 valence electrons. The normalized spacial score (nSPS) is 8.50. The zero-order valence-corrected chi connectivity index (χ0v) is 8.87. The summed E-state index contributed by atoms with van der Waals surface area (Å²) in [5, 5.41) is 0. The molecule has 10 heavy (non-hydrogen) atoms. The third-order valence-electron chi connectivity index (χ3n) is 1.43.